The number of rotatable bonds is 4. The van der Waals surface area contributed by atoms with Crippen molar-refractivity contribution in [3.05, 3.63) is 24.0 Å². The molecule has 0 aromatic carbocycles. The number of pyridine rings is 1. The van der Waals surface area contributed by atoms with Crippen molar-refractivity contribution in [1.82, 2.24) is 9.88 Å². The van der Waals surface area contributed by atoms with E-state index in [1.807, 2.05) is 6.92 Å². The van der Waals surface area contributed by atoms with Gasteiger partial charge in [0.25, 0.3) is 0 Å². The fourth-order valence-corrected chi connectivity index (χ4v) is 2.64. The van der Waals surface area contributed by atoms with Crippen LogP contribution in [0.1, 0.15) is 19.0 Å². The quantitative estimate of drug-likeness (QED) is 0.902. The van der Waals surface area contributed by atoms with Crippen LogP contribution in [0, 0.1) is 11.8 Å². The van der Waals surface area contributed by atoms with Crippen LogP contribution in [-0.2, 0) is 16.0 Å². The molecule has 2 rings (SSSR count). The molecule has 1 fully saturated rings. The molecular weight excluding hydrogens is 272 g/mol. The molecule has 1 N–H and O–H groups in total. The van der Waals surface area contributed by atoms with Gasteiger partial charge in [0, 0.05) is 18.8 Å². The number of likely N-dealkylation sites (tertiary alicyclic amines) is 1. The van der Waals surface area contributed by atoms with Crippen molar-refractivity contribution in [2.75, 3.05) is 20.2 Å². The van der Waals surface area contributed by atoms with Crippen molar-refractivity contribution in [2.24, 2.45) is 11.8 Å². The molecule has 0 bridgehead atoms. The molecule has 1 aromatic rings. The van der Waals surface area contributed by atoms with Crippen LogP contribution in [0.3, 0.4) is 0 Å². The molecule has 2 heterocycles. The number of ether oxygens (including phenoxy) is 1. The molecule has 21 heavy (non-hydrogen) atoms. The highest BCUT2D eigenvalue weighted by Crippen LogP contribution is 2.22. The number of piperidine rings is 1. The Labute approximate surface area is 123 Å². The van der Waals surface area contributed by atoms with Gasteiger partial charge in [0.1, 0.15) is 5.75 Å². The number of carbonyl (C=O) groups excluding carboxylic acids is 1. The van der Waals surface area contributed by atoms with E-state index >= 15 is 0 Å². The van der Waals surface area contributed by atoms with E-state index in [9.17, 15) is 9.59 Å². The van der Waals surface area contributed by atoms with Crippen molar-refractivity contribution in [2.45, 2.75) is 19.8 Å². The van der Waals surface area contributed by atoms with E-state index in [2.05, 4.69) is 4.98 Å². The number of aliphatic carboxylic acids is 1. The van der Waals surface area contributed by atoms with Crippen molar-refractivity contribution < 1.29 is 19.4 Å². The summed E-state index contributed by atoms with van der Waals surface area (Å²) in [6, 6.07) is 3.51. The molecule has 0 radical (unpaired) electrons. The average molecular weight is 292 g/mol. The highest BCUT2D eigenvalue weighted by Gasteiger charge is 2.31. The third-order valence-electron chi connectivity index (χ3n) is 3.73. The number of carboxylic acids is 1. The van der Waals surface area contributed by atoms with Crippen molar-refractivity contribution in [3.63, 3.8) is 0 Å². The largest absolute Gasteiger partial charge is 0.495 e. The van der Waals surface area contributed by atoms with E-state index in [1.165, 1.54) is 0 Å². The van der Waals surface area contributed by atoms with Crippen LogP contribution >= 0.6 is 0 Å². The fraction of sp³-hybridized carbons (Fsp3) is 0.533. The number of hydrogen-bond acceptors (Lipinski definition) is 4. The first-order valence-electron chi connectivity index (χ1n) is 6.99. The van der Waals surface area contributed by atoms with Gasteiger partial charge in [-0.15, -0.1) is 0 Å². The molecule has 0 spiro atoms. The lowest BCUT2D eigenvalue weighted by molar-refractivity contribution is -0.146. The summed E-state index contributed by atoms with van der Waals surface area (Å²) >= 11 is 0. The first kappa shape index (κ1) is 15.3. The molecule has 1 aliphatic rings. The first-order valence-corrected chi connectivity index (χ1v) is 6.99. The van der Waals surface area contributed by atoms with Gasteiger partial charge in [0.15, 0.2) is 0 Å². The maximum absolute atomic E-state index is 12.3. The molecule has 1 aromatic heterocycles. The van der Waals surface area contributed by atoms with Gasteiger partial charge in [-0.05, 0) is 24.5 Å². The topological polar surface area (TPSA) is 79.7 Å². The van der Waals surface area contributed by atoms with E-state index in [-0.39, 0.29) is 24.8 Å². The zero-order valence-electron chi connectivity index (χ0n) is 12.3. The van der Waals surface area contributed by atoms with Crippen molar-refractivity contribution in [1.29, 1.82) is 0 Å². The normalized spacial score (nSPS) is 21.9. The fourth-order valence-electron chi connectivity index (χ4n) is 2.64. The highest BCUT2D eigenvalue weighted by atomic mass is 16.5. The third-order valence-corrected chi connectivity index (χ3v) is 3.73. The van der Waals surface area contributed by atoms with Crippen LogP contribution in [0.25, 0.3) is 0 Å². The van der Waals surface area contributed by atoms with Gasteiger partial charge in [0.05, 0.1) is 25.6 Å². The number of amides is 1. The number of aromatic nitrogens is 1. The molecule has 1 aliphatic heterocycles. The molecule has 1 amide bonds. The van der Waals surface area contributed by atoms with Crippen molar-refractivity contribution in [3.8, 4) is 5.75 Å². The van der Waals surface area contributed by atoms with Crippen LogP contribution in [0.15, 0.2) is 18.3 Å². The van der Waals surface area contributed by atoms with E-state index < -0.39 is 11.9 Å². The number of methoxy groups -OCH3 is 1. The smallest absolute Gasteiger partial charge is 0.308 e. The summed E-state index contributed by atoms with van der Waals surface area (Å²) < 4.78 is 5.02. The predicted molar refractivity (Wildman–Crippen MR) is 76.0 cm³/mol. The zero-order chi connectivity index (χ0) is 15.4. The first-order chi connectivity index (χ1) is 9.99. The van der Waals surface area contributed by atoms with Crippen LogP contribution in [0.4, 0.5) is 0 Å². The number of hydrogen-bond donors (Lipinski definition) is 1. The third kappa shape index (κ3) is 3.93. The second-order valence-corrected chi connectivity index (χ2v) is 5.54. The summed E-state index contributed by atoms with van der Waals surface area (Å²) in [5.41, 5.74) is 0.658. The SMILES string of the molecule is COc1ccc(CC(=O)N2CC(C)CC(C(=O)O)C2)nc1. The lowest BCUT2D eigenvalue weighted by atomic mass is 9.90. The summed E-state index contributed by atoms with van der Waals surface area (Å²) in [6.07, 6.45) is 2.38. The van der Waals surface area contributed by atoms with Gasteiger partial charge in [-0.2, -0.15) is 0 Å². The number of carbonyl (C=O) groups is 2. The molecule has 2 atom stereocenters. The maximum atomic E-state index is 12.3. The minimum atomic E-state index is -0.832. The van der Waals surface area contributed by atoms with E-state index in [0.717, 1.165) is 0 Å². The van der Waals surface area contributed by atoms with Gasteiger partial charge >= 0.3 is 5.97 Å². The predicted octanol–water partition coefficient (Wildman–Crippen LogP) is 1.20. The van der Waals surface area contributed by atoms with Gasteiger partial charge in [-0.3, -0.25) is 14.6 Å². The monoisotopic (exact) mass is 292 g/mol. The van der Waals surface area contributed by atoms with E-state index in [0.29, 0.717) is 24.4 Å². The molecule has 1 saturated heterocycles. The summed E-state index contributed by atoms with van der Waals surface area (Å²) in [7, 11) is 1.56. The molecule has 114 valence electrons. The summed E-state index contributed by atoms with van der Waals surface area (Å²) in [6.45, 7) is 2.87. The average Bonchev–Trinajstić information content (AvgIpc) is 2.47. The van der Waals surface area contributed by atoms with Crippen LogP contribution in [-0.4, -0.2) is 47.1 Å². The van der Waals surface area contributed by atoms with Crippen LogP contribution in [0.5, 0.6) is 5.75 Å². The number of carboxylic acid groups (broad SMARTS) is 1. The summed E-state index contributed by atoms with van der Waals surface area (Å²) in [5.74, 6) is -0.537. The summed E-state index contributed by atoms with van der Waals surface area (Å²) in [5, 5.41) is 9.14. The molecule has 0 aliphatic carbocycles. The highest BCUT2D eigenvalue weighted by molar-refractivity contribution is 5.79. The molecular formula is C15H20N2O4. The van der Waals surface area contributed by atoms with Crippen LogP contribution in [0.2, 0.25) is 0 Å². The Morgan fingerprint density at radius 1 is 1.43 bits per heavy atom. The number of nitrogens with zero attached hydrogens (tertiary/aromatic N) is 2. The van der Waals surface area contributed by atoms with Crippen molar-refractivity contribution >= 4 is 11.9 Å². The second kappa shape index (κ2) is 6.56. The molecule has 0 saturated carbocycles. The second-order valence-electron chi connectivity index (χ2n) is 5.54. The Morgan fingerprint density at radius 2 is 2.19 bits per heavy atom. The van der Waals surface area contributed by atoms with Gasteiger partial charge < -0.3 is 14.7 Å². The standard InChI is InChI=1S/C15H20N2O4/c1-10-5-11(15(19)20)9-17(8-10)14(18)6-12-3-4-13(21-2)7-16-12/h3-4,7,10-11H,5-6,8-9H2,1-2H3,(H,19,20). The molecule has 6 heteroatoms. The lowest BCUT2D eigenvalue weighted by Crippen LogP contribution is -2.46. The minimum Gasteiger partial charge on any atom is -0.495 e. The summed E-state index contributed by atoms with van der Waals surface area (Å²) in [4.78, 5) is 29.2. The Balaban J connectivity index is 1.99. The minimum absolute atomic E-state index is 0.0783. The lowest BCUT2D eigenvalue weighted by Gasteiger charge is -2.34. The molecule has 2 unspecified atom stereocenters. The Bertz CT molecular complexity index is 515. The van der Waals surface area contributed by atoms with Gasteiger partial charge in [-0.25, -0.2) is 0 Å². The van der Waals surface area contributed by atoms with Gasteiger partial charge in [0.2, 0.25) is 5.91 Å². The maximum Gasteiger partial charge on any atom is 0.308 e. The Kier molecular flexibility index (Phi) is 4.77. The van der Waals surface area contributed by atoms with E-state index in [1.54, 1.807) is 30.3 Å². The zero-order valence-corrected chi connectivity index (χ0v) is 12.3. The van der Waals surface area contributed by atoms with E-state index in [4.69, 9.17) is 9.84 Å². The van der Waals surface area contributed by atoms with Crippen LogP contribution < -0.4 is 4.74 Å². The Morgan fingerprint density at radius 3 is 2.76 bits per heavy atom. The Hall–Kier alpha value is -2.11. The molecule has 6 nitrogen and oxygen atoms in total. The van der Waals surface area contributed by atoms with Gasteiger partial charge in [-0.1, -0.05) is 6.92 Å².